The molecule has 2 nitrogen and oxygen atoms in total. The van der Waals surface area contributed by atoms with Gasteiger partial charge in [0.1, 0.15) is 10.5 Å². The maximum Gasteiger partial charge on any atom is 0.130 e. The van der Waals surface area contributed by atoms with E-state index in [9.17, 15) is 0 Å². The Kier molecular flexibility index (Phi) is 3.55. The number of nitrogens with zero attached hydrogens (tertiary/aromatic N) is 1. The Morgan fingerprint density at radius 1 is 1.22 bits per heavy atom. The molecule has 1 heterocycles. The molecule has 0 aliphatic heterocycles. The lowest BCUT2D eigenvalue weighted by molar-refractivity contribution is 0.545. The van der Waals surface area contributed by atoms with E-state index < -0.39 is 0 Å². The lowest BCUT2D eigenvalue weighted by Crippen LogP contribution is -2.16. The maximum atomic E-state index is 6.20. The zero-order valence-electron chi connectivity index (χ0n) is 10.6. The summed E-state index contributed by atoms with van der Waals surface area (Å²) in [6, 6.07) is 9.54. The Labute approximate surface area is 117 Å². The third-order valence-corrected chi connectivity index (χ3v) is 3.16. The van der Waals surface area contributed by atoms with Crippen molar-refractivity contribution < 1.29 is 0 Å². The number of hydrogen-bond acceptors (Lipinski definition) is 2. The number of nitrogens with one attached hydrogen (secondary N) is 1. The smallest absolute Gasteiger partial charge is 0.130 e. The zero-order chi connectivity index (χ0) is 13.3. The first-order valence-electron chi connectivity index (χ1n) is 5.75. The van der Waals surface area contributed by atoms with E-state index in [-0.39, 0.29) is 5.41 Å². The Hall–Kier alpha value is -1.19. The van der Waals surface area contributed by atoms with Crippen LogP contribution in [0.15, 0.2) is 30.3 Å². The van der Waals surface area contributed by atoms with Crippen molar-refractivity contribution in [2.24, 2.45) is 0 Å². The van der Waals surface area contributed by atoms with Gasteiger partial charge in [-0.25, -0.2) is 4.98 Å². The molecule has 0 aliphatic carbocycles. The van der Waals surface area contributed by atoms with Crippen LogP contribution in [0.4, 0.5) is 0 Å². The van der Waals surface area contributed by atoms with E-state index in [2.05, 4.69) is 30.7 Å². The van der Waals surface area contributed by atoms with E-state index in [0.29, 0.717) is 9.66 Å². The molecule has 0 radical (unpaired) electrons. The number of H-pyrrole nitrogens is 1. The van der Waals surface area contributed by atoms with Crippen molar-refractivity contribution in [2.75, 3.05) is 0 Å². The zero-order valence-corrected chi connectivity index (χ0v) is 12.2. The van der Waals surface area contributed by atoms with Gasteiger partial charge in [0.25, 0.3) is 0 Å². The van der Waals surface area contributed by atoms with Crippen LogP contribution in [0, 0.1) is 4.64 Å². The molecule has 2 aromatic rings. The topological polar surface area (TPSA) is 28.7 Å². The predicted octanol–water partition coefficient (Wildman–Crippen LogP) is 4.76. The average Bonchev–Trinajstić information content (AvgIpc) is 2.27. The highest BCUT2D eigenvalue weighted by Crippen LogP contribution is 2.27. The maximum absolute atomic E-state index is 6.20. The average molecular weight is 279 g/mol. The summed E-state index contributed by atoms with van der Waals surface area (Å²) < 4.78 is 0.577. The minimum Gasteiger partial charge on any atom is -0.343 e. The molecule has 0 aliphatic rings. The summed E-state index contributed by atoms with van der Waals surface area (Å²) in [6.45, 7) is 6.28. The Morgan fingerprint density at radius 3 is 2.50 bits per heavy atom. The number of benzene rings is 1. The van der Waals surface area contributed by atoms with Crippen LogP contribution >= 0.6 is 23.8 Å². The highest BCUT2D eigenvalue weighted by molar-refractivity contribution is 7.71. The molecule has 0 spiro atoms. The van der Waals surface area contributed by atoms with Gasteiger partial charge >= 0.3 is 0 Å². The molecule has 0 amide bonds. The van der Waals surface area contributed by atoms with Crippen molar-refractivity contribution in [2.45, 2.75) is 26.2 Å². The molecule has 1 aromatic heterocycles. The summed E-state index contributed by atoms with van der Waals surface area (Å²) in [5, 5.41) is 0.703. The highest BCUT2D eigenvalue weighted by Gasteiger charge is 2.17. The quantitative estimate of drug-likeness (QED) is 0.762. The first-order chi connectivity index (χ1) is 8.38. The second-order valence-electron chi connectivity index (χ2n) is 5.21. The molecular weight excluding hydrogens is 264 g/mol. The van der Waals surface area contributed by atoms with Gasteiger partial charge in [-0.2, -0.15) is 0 Å². The van der Waals surface area contributed by atoms with Crippen LogP contribution in [0.25, 0.3) is 11.3 Å². The molecule has 0 bridgehead atoms. The third-order valence-electron chi connectivity index (χ3n) is 2.62. The molecule has 0 saturated heterocycles. The normalized spacial score (nSPS) is 11.6. The first-order valence-corrected chi connectivity index (χ1v) is 6.53. The van der Waals surface area contributed by atoms with Gasteiger partial charge in [0, 0.05) is 16.0 Å². The summed E-state index contributed by atoms with van der Waals surface area (Å²) in [4.78, 5) is 7.70. The fourth-order valence-electron chi connectivity index (χ4n) is 1.64. The van der Waals surface area contributed by atoms with Gasteiger partial charge in [-0.1, -0.05) is 62.8 Å². The lowest BCUT2D eigenvalue weighted by Gasteiger charge is -2.18. The minimum absolute atomic E-state index is 0.0785. The predicted molar refractivity (Wildman–Crippen MR) is 78.6 cm³/mol. The molecule has 0 atom stereocenters. The fraction of sp³-hybridized carbons (Fsp3) is 0.286. The van der Waals surface area contributed by atoms with Crippen LogP contribution in [-0.2, 0) is 5.41 Å². The second-order valence-corrected chi connectivity index (χ2v) is 6.04. The summed E-state index contributed by atoms with van der Waals surface area (Å²) >= 11 is 11.4. The third kappa shape index (κ3) is 2.79. The number of rotatable bonds is 1. The van der Waals surface area contributed by atoms with Gasteiger partial charge in [-0.15, -0.1) is 0 Å². The minimum atomic E-state index is -0.0785. The van der Waals surface area contributed by atoms with Crippen LogP contribution < -0.4 is 0 Å². The van der Waals surface area contributed by atoms with Crippen molar-refractivity contribution in [3.63, 3.8) is 0 Å². The van der Waals surface area contributed by atoms with E-state index in [1.165, 1.54) is 0 Å². The van der Waals surface area contributed by atoms with Gasteiger partial charge < -0.3 is 4.98 Å². The summed E-state index contributed by atoms with van der Waals surface area (Å²) in [6.07, 6.45) is 0. The van der Waals surface area contributed by atoms with Crippen molar-refractivity contribution in [1.82, 2.24) is 9.97 Å². The lowest BCUT2D eigenvalue weighted by atomic mass is 9.95. The van der Waals surface area contributed by atoms with Crippen LogP contribution in [0.1, 0.15) is 26.6 Å². The van der Waals surface area contributed by atoms with Crippen molar-refractivity contribution in [3.8, 4) is 11.3 Å². The van der Waals surface area contributed by atoms with Crippen LogP contribution in [0.3, 0.4) is 0 Å². The van der Waals surface area contributed by atoms with Gasteiger partial charge in [0.05, 0.1) is 5.69 Å². The van der Waals surface area contributed by atoms with Crippen LogP contribution in [-0.4, -0.2) is 9.97 Å². The van der Waals surface area contributed by atoms with E-state index in [1.54, 1.807) is 0 Å². The van der Waals surface area contributed by atoms with Crippen LogP contribution in [0.5, 0.6) is 0 Å². The first kappa shape index (κ1) is 13.2. The summed E-state index contributed by atoms with van der Waals surface area (Å²) in [7, 11) is 0. The fourth-order valence-corrected chi connectivity index (χ4v) is 2.08. The number of hydrogen-bond donors (Lipinski definition) is 1. The Morgan fingerprint density at radius 2 is 1.89 bits per heavy atom. The molecule has 0 saturated carbocycles. The summed E-state index contributed by atoms with van der Waals surface area (Å²) in [5.41, 5.74) is 1.77. The molecule has 2 rings (SSSR count). The molecule has 0 fully saturated rings. The highest BCUT2D eigenvalue weighted by atomic mass is 35.5. The molecule has 4 heteroatoms. The van der Waals surface area contributed by atoms with Crippen LogP contribution in [0.2, 0.25) is 5.02 Å². The van der Waals surface area contributed by atoms with Crippen molar-refractivity contribution >= 4 is 23.8 Å². The Bertz CT molecular complexity index is 626. The second kappa shape index (κ2) is 4.82. The van der Waals surface area contributed by atoms with E-state index in [1.807, 2.05) is 30.3 Å². The number of aromatic amines is 1. The van der Waals surface area contributed by atoms with Crippen molar-refractivity contribution in [3.05, 3.63) is 45.8 Å². The van der Waals surface area contributed by atoms with Gasteiger partial charge in [-0.3, -0.25) is 0 Å². The van der Waals surface area contributed by atoms with Gasteiger partial charge in [-0.05, 0) is 12.1 Å². The van der Waals surface area contributed by atoms with Gasteiger partial charge in [0.2, 0.25) is 0 Å². The standard InChI is InChI=1S/C14H15ClN2S/c1-14(2,3)13-16-11(8-12(18)17-13)9-6-4-5-7-10(9)15/h4-8H,1-3H3,(H,16,17,18). The van der Waals surface area contributed by atoms with E-state index in [0.717, 1.165) is 17.1 Å². The largest absolute Gasteiger partial charge is 0.343 e. The Balaban J connectivity index is 2.63. The molecule has 18 heavy (non-hydrogen) atoms. The monoisotopic (exact) mass is 278 g/mol. The SMILES string of the molecule is CC(C)(C)c1nc(=S)cc(-c2ccccc2Cl)[nH]1. The van der Waals surface area contributed by atoms with E-state index in [4.69, 9.17) is 23.8 Å². The number of aromatic nitrogens is 2. The molecule has 1 N–H and O–H groups in total. The van der Waals surface area contributed by atoms with Gasteiger partial charge in [0.15, 0.2) is 0 Å². The van der Waals surface area contributed by atoms with E-state index >= 15 is 0 Å². The summed E-state index contributed by atoms with van der Waals surface area (Å²) in [5.74, 6) is 0.866. The molecule has 1 aromatic carbocycles. The number of halogens is 1. The molecule has 94 valence electrons. The molecular formula is C14H15ClN2S. The molecule has 0 unspecified atom stereocenters. The van der Waals surface area contributed by atoms with Crippen molar-refractivity contribution in [1.29, 1.82) is 0 Å².